The topological polar surface area (TPSA) is 55.1 Å². The van der Waals surface area contributed by atoms with Crippen LogP contribution in [0.5, 0.6) is 0 Å². The van der Waals surface area contributed by atoms with Crippen molar-refractivity contribution >= 4 is 5.91 Å². The third-order valence-electron chi connectivity index (χ3n) is 3.40. The Bertz CT molecular complexity index is 613. The van der Waals surface area contributed by atoms with E-state index in [1.807, 2.05) is 30.3 Å². The Hall–Kier alpha value is -2.20. The Labute approximate surface area is 124 Å². The predicted molar refractivity (Wildman–Crippen MR) is 81.5 cm³/mol. The van der Waals surface area contributed by atoms with Crippen LogP contribution in [-0.4, -0.2) is 12.5 Å². The first kappa shape index (κ1) is 15.2. The summed E-state index contributed by atoms with van der Waals surface area (Å²) in [5.41, 5.74) is 8.23. The average Bonchev–Trinajstić information content (AvgIpc) is 2.47. The molecule has 0 aromatic heterocycles. The highest BCUT2D eigenvalue weighted by Crippen LogP contribution is 2.13. The Morgan fingerprint density at radius 3 is 2.62 bits per heavy atom. The van der Waals surface area contributed by atoms with Gasteiger partial charge < -0.3 is 11.1 Å². The number of nitrogens with one attached hydrogen (secondary N) is 1. The standard InChI is InChI=1S/C17H19FN2O/c1-12-11-14(18)7-8-15(12)17(21)20-10-9-16(19)13-5-3-2-4-6-13/h2-8,11,16H,9-10,19H2,1H3,(H,20,21). The van der Waals surface area contributed by atoms with E-state index in [4.69, 9.17) is 5.73 Å². The molecular formula is C17H19FN2O. The highest BCUT2D eigenvalue weighted by atomic mass is 19.1. The zero-order chi connectivity index (χ0) is 15.2. The molecule has 3 N–H and O–H groups in total. The fourth-order valence-electron chi connectivity index (χ4n) is 2.19. The summed E-state index contributed by atoms with van der Waals surface area (Å²) in [6.45, 7) is 2.19. The van der Waals surface area contributed by atoms with Gasteiger partial charge in [-0.05, 0) is 42.7 Å². The minimum atomic E-state index is -0.338. The van der Waals surface area contributed by atoms with Crippen LogP contribution < -0.4 is 11.1 Å². The van der Waals surface area contributed by atoms with Crippen LogP contribution in [0, 0.1) is 12.7 Å². The summed E-state index contributed by atoms with van der Waals surface area (Å²) in [5.74, 6) is -0.539. The van der Waals surface area contributed by atoms with Crippen molar-refractivity contribution in [2.45, 2.75) is 19.4 Å². The number of amides is 1. The maximum Gasteiger partial charge on any atom is 0.251 e. The SMILES string of the molecule is Cc1cc(F)ccc1C(=O)NCCC(N)c1ccccc1. The molecule has 1 atom stereocenters. The van der Waals surface area contributed by atoms with Crippen molar-refractivity contribution in [1.82, 2.24) is 5.32 Å². The second-order valence-electron chi connectivity index (χ2n) is 5.02. The molecule has 110 valence electrons. The largest absolute Gasteiger partial charge is 0.352 e. The molecule has 2 aromatic carbocycles. The predicted octanol–water partition coefficient (Wildman–Crippen LogP) is 2.95. The second-order valence-corrected chi connectivity index (χ2v) is 5.02. The van der Waals surface area contributed by atoms with Crippen molar-refractivity contribution in [3.8, 4) is 0 Å². The number of benzene rings is 2. The van der Waals surface area contributed by atoms with E-state index in [1.165, 1.54) is 18.2 Å². The number of carbonyl (C=O) groups is 1. The Morgan fingerprint density at radius 1 is 1.24 bits per heavy atom. The van der Waals surface area contributed by atoms with Crippen molar-refractivity contribution < 1.29 is 9.18 Å². The molecule has 0 radical (unpaired) electrons. The quantitative estimate of drug-likeness (QED) is 0.888. The highest BCUT2D eigenvalue weighted by molar-refractivity contribution is 5.95. The number of hydrogen-bond acceptors (Lipinski definition) is 2. The zero-order valence-corrected chi connectivity index (χ0v) is 12.0. The van der Waals surface area contributed by atoms with Gasteiger partial charge in [-0.3, -0.25) is 4.79 Å². The van der Waals surface area contributed by atoms with Gasteiger partial charge in [0.25, 0.3) is 5.91 Å². The molecule has 0 saturated heterocycles. The maximum atomic E-state index is 13.0. The number of aryl methyl sites for hydroxylation is 1. The third-order valence-corrected chi connectivity index (χ3v) is 3.40. The summed E-state index contributed by atoms with van der Waals surface area (Å²) in [4.78, 5) is 12.0. The van der Waals surface area contributed by atoms with Crippen LogP contribution in [0.25, 0.3) is 0 Å². The lowest BCUT2D eigenvalue weighted by molar-refractivity contribution is 0.0952. The fourth-order valence-corrected chi connectivity index (χ4v) is 2.19. The molecular weight excluding hydrogens is 267 g/mol. The average molecular weight is 286 g/mol. The number of nitrogens with two attached hydrogens (primary N) is 1. The number of carbonyl (C=O) groups excluding carboxylic acids is 1. The summed E-state index contributed by atoms with van der Waals surface area (Å²) >= 11 is 0. The number of hydrogen-bond donors (Lipinski definition) is 2. The van der Waals surface area contributed by atoms with Gasteiger partial charge in [-0.1, -0.05) is 30.3 Å². The van der Waals surface area contributed by atoms with Gasteiger partial charge in [-0.15, -0.1) is 0 Å². The summed E-state index contributed by atoms with van der Waals surface area (Å²) < 4.78 is 13.0. The van der Waals surface area contributed by atoms with E-state index in [9.17, 15) is 9.18 Å². The van der Waals surface area contributed by atoms with Crippen LogP contribution in [0.15, 0.2) is 48.5 Å². The summed E-state index contributed by atoms with van der Waals surface area (Å²) in [7, 11) is 0. The van der Waals surface area contributed by atoms with Crippen molar-refractivity contribution in [1.29, 1.82) is 0 Å². The molecule has 0 spiro atoms. The Balaban J connectivity index is 1.87. The molecule has 2 aromatic rings. The first-order chi connectivity index (χ1) is 10.1. The molecule has 0 aliphatic carbocycles. The van der Waals surface area contributed by atoms with E-state index in [2.05, 4.69) is 5.32 Å². The highest BCUT2D eigenvalue weighted by Gasteiger charge is 2.10. The fraction of sp³-hybridized carbons (Fsp3) is 0.235. The summed E-state index contributed by atoms with van der Waals surface area (Å²) in [6, 6.07) is 13.8. The van der Waals surface area contributed by atoms with Crippen LogP contribution in [0.4, 0.5) is 4.39 Å². The van der Waals surface area contributed by atoms with Gasteiger partial charge in [0.15, 0.2) is 0 Å². The van der Waals surface area contributed by atoms with Crippen LogP contribution in [0.1, 0.15) is 33.9 Å². The van der Waals surface area contributed by atoms with Crippen LogP contribution >= 0.6 is 0 Å². The van der Waals surface area contributed by atoms with E-state index in [0.29, 0.717) is 24.1 Å². The van der Waals surface area contributed by atoms with E-state index in [1.54, 1.807) is 6.92 Å². The lowest BCUT2D eigenvalue weighted by Gasteiger charge is -2.13. The molecule has 1 amide bonds. The van der Waals surface area contributed by atoms with Crippen LogP contribution in [0.3, 0.4) is 0 Å². The smallest absolute Gasteiger partial charge is 0.251 e. The molecule has 0 bridgehead atoms. The minimum Gasteiger partial charge on any atom is -0.352 e. The van der Waals surface area contributed by atoms with Gasteiger partial charge in [0, 0.05) is 18.2 Å². The van der Waals surface area contributed by atoms with Crippen molar-refractivity contribution in [3.63, 3.8) is 0 Å². The zero-order valence-electron chi connectivity index (χ0n) is 12.0. The minimum absolute atomic E-state index is 0.110. The second kappa shape index (κ2) is 6.99. The van der Waals surface area contributed by atoms with Gasteiger partial charge in [-0.2, -0.15) is 0 Å². The molecule has 0 fully saturated rings. The van der Waals surface area contributed by atoms with Crippen LogP contribution in [0.2, 0.25) is 0 Å². The van der Waals surface area contributed by atoms with Gasteiger partial charge in [0.05, 0.1) is 0 Å². The molecule has 21 heavy (non-hydrogen) atoms. The van der Waals surface area contributed by atoms with Crippen molar-refractivity contribution in [3.05, 3.63) is 71.0 Å². The van der Waals surface area contributed by atoms with Gasteiger partial charge in [0.1, 0.15) is 5.82 Å². The number of halogens is 1. The molecule has 3 nitrogen and oxygen atoms in total. The Morgan fingerprint density at radius 2 is 1.95 bits per heavy atom. The van der Waals surface area contributed by atoms with Gasteiger partial charge in [-0.25, -0.2) is 4.39 Å². The van der Waals surface area contributed by atoms with E-state index in [0.717, 1.165) is 5.56 Å². The third kappa shape index (κ3) is 4.13. The van der Waals surface area contributed by atoms with Crippen molar-refractivity contribution in [2.75, 3.05) is 6.54 Å². The molecule has 4 heteroatoms. The first-order valence-electron chi connectivity index (χ1n) is 6.93. The maximum absolute atomic E-state index is 13.0. The lowest BCUT2D eigenvalue weighted by Crippen LogP contribution is -2.27. The monoisotopic (exact) mass is 286 g/mol. The van der Waals surface area contributed by atoms with Gasteiger partial charge >= 0.3 is 0 Å². The summed E-state index contributed by atoms with van der Waals surface area (Å²) in [5, 5.41) is 2.82. The molecule has 2 rings (SSSR count). The molecule has 0 aliphatic rings. The first-order valence-corrected chi connectivity index (χ1v) is 6.93. The normalized spacial score (nSPS) is 12.0. The lowest BCUT2D eigenvalue weighted by atomic mass is 10.0. The molecule has 0 saturated carbocycles. The molecule has 1 unspecified atom stereocenters. The van der Waals surface area contributed by atoms with Crippen molar-refractivity contribution in [2.24, 2.45) is 5.73 Å². The number of rotatable bonds is 5. The molecule has 0 aliphatic heterocycles. The summed E-state index contributed by atoms with van der Waals surface area (Å²) in [6.07, 6.45) is 0.649. The van der Waals surface area contributed by atoms with Gasteiger partial charge in [0.2, 0.25) is 0 Å². The Kier molecular flexibility index (Phi) is 5.06. The van der Waals surface area contributed by atoms with Crippen LogP contribution in [-0.2, 0) is 0 Å². The van der Waals surface area contributed by atoms with E-state index < -0.39 is 0 Å². The van der Waals surface area contributed by atoms with E-state index >= 15 is 0 Å². The molecule has 0 heterocycles. The van der Waals surface area contributed by atoms with E-state index in [-0.39, 0.29) is 17.8 Å².